The molecule has 0 saturated carbocycles. The second-order valence-corrected chi connectivity index (χ2v) is 6.16. The van der Waals surface area contributed by atoms with Crippen LogP contribution in [0.2, 0.25) is 0 Å². The van der Waals surface area contributed by atoms with Crippen molar-refractivity contribution in [3.63, 3.8) is 0 Å². The number of ether oxygens (including phenoxy) is 1. The average molecular weight is 360 g/mol. The molecule has 27 heavy (non-hydrogen) atoms. The molecule has 0 radical (unpaired) electrons. The van der Waals surface area contributed by atoms with Crippen LogP contribution in [-0.4, -0.2) is 16.9 Å². The van der Waals surface area contributed by atoms with Crippen LogP contribution in [0.25, 0.3) is 0 Å². The fraction of sp³-hybridized carbons (Fsp3) is 0.182. The second-order valence-electron chi connectivity index (χ2n) is 6.16. The summed E-state index contributed by atoms with van der Waals surface area (Å²) in [5.74, 6) is 1.12. The van der Waals surface area contributed by atoms with Crippen LogP contribution in [0.4, 0.5) is 0 Å². The van der Waals surface area contributed by atoms with Crippen molar-refractivity contribution in [1.82, 2.24) is 4.90 Å². The minimum Gasteiger partial charge on any atom is -0.481 e. The summed E-state index contributed by atoms with van der Waals surface area (Å²) < 4.78 is 11.2. The maximum Gasteiger partial charge on any atom is 0.264 e. The third-order valence-corrected chi connectivity index (χ3v) is 4.10. The lowest BCUT2D eigenvalue weighted by Gasteiger charge is -2.25. The van der Waals surface area contributed by atoms with E-state index in [1.165, 1.54) is 0 Å². The molecule has 2 aromatic carbocycles. The summed E-state index contributed by atoms with van der Waals surface area (Å²) in [4.78, 5) is 14.7. The van der Waals surface area contributed by atoms with Gasteiger partial charge in [0.25, 0.3) is 5.91 Å². The van der Waals surface area contributed by atoms with E-state index in [0.29, 0.717) is 30.2 Å². The number of nitriles is 1. The van der Waals surface area contributed by atoms with Crippen LogP contribution < -0.4 is 4.74 Å². The molecule has 3 rings (SSSR count). The van der Waals surface area contributed by atoms with Gasteiger partial charge in [0.1, 0.15) is 11.5 Å². The molecule has 0 aliphatic heterocycles. The molecule has 5 heteroatoms. The summed E-state index contributed by atoms with van der Waals surface area (Å²) in [6, 6.07) is 22.2. The van der Waals surface area contributed by atoms with Crippen molar-refractivity contribution in [2.45, 2.75) is 26.1 Å². The van der Waals surface area contributed by atoms with Crippen molar-refractivity contribution < 1.29 is 13.9 Å². The molecule has 0 N–H and O–H groups in total. The predicted octanol–water partition coefficient (Wildman–Crippen LogP) is 4.15. The third-order valence-electron chi connectivity index (χ3n) is 4.10. The summed E-state index contributed by atoms with van der Waals surface area (Å²) >= 11 is 0. The minimum atomic E-state index is -0.670. The molecular weight excluding hydrogens is 340 g/mol. The van der Waals surface area contributed by atoms with Gasteiger partial charge < -0.3 is 14.1 Å². The van der Waals surface area contributed by atoms with E-state index >= 15 is 0 Å². The number of hydrogen-bond donors (Lipinski definition) is 0. The van der Waals surface area contributed by atoms with E-state index in [2.05, 4.69) is 6.07 Å². The lowest BCUT2D eigenvalue weighted by atomic mass is 10.2. The molecule has 0 saturated heterocycles. The molecule has 5 nitrogen and oxygen atoms in total. The number of hydrogen-bond acceptors (Lipinski definition) is 4. The van der Waals surface area contributed by atoms with Crippen LogP contribution in [0.1, 0.15) is 23.8 Å². The highest BCUT2D eigenvalue weighted by Gasteiger charge is 2.23. The lowest BCUT2D eigenvalue weighted by Crippen LogP contribution is -2.39. The Hall–Kier alpha value is -3.52. The predicted molar refractivity (Wildman–Crippen MR) is 101 cm³/mol. The summed E-state index contributed by atoms with van der Waals surface area (Å²) in [5, 5.41) is 8.87. The van der Waals surface area contributed by atoms with Gasteiger partial charge in [0.15, 0.2) is 6.10 Å². The summed E-state index contributed by atoms with van der Waals surface area (Å²) in [6.45, 7) is 2.55. The summed E-state index contributed by atoms with van der Waals surface area (Å²) in [5.41, 5.74) is 1.58. The second kappa shape index (κ2) is 8.72. The van der Waals surface area contributed by atoms with Crippen molar-refractivity contribution in [2.75, 3.05) is 0 Å². The van der Waals surface area contributed by atoms with Crippen molar-refractivity contribution in [1.29, 1.82) is 5.26 Å². The number of benzene rings is 2. The normalized spacial score (nSPS) is 11.4. The van der Waals surface area contributed by atoms with E-state index in [1.54, 1.807) is 48.4 Å². The lowest BCUT2D eigenvalue weighted by molar-refractivity contribution is -0.139. The number of carbonyl (C=O) groups excluding carboxylic acids is 1. The van der Waals surface area contributed by atoms with E-state index in [9.17, 15) is 4.79 Å². The zero-order valence-corrected chi connectivity index (χ0v) is 15.0. The Balaban J connectivity index is 1.73. The first-order valence-electron chi connectivity index (χ1n) is 8.67. The Kier molecular flexibility index (Phi) is 5.91. The van der Waals surface area contributed by atoms with Crippen LogP contribution in [0, 0.1) is 11.3 Å². The van der Waals surface area contributed by atoms with Crippen LogP contribution in [0.15, 0.2) is 77.4 Å². The Morgan fingerprint density at radius 1 is 1.07 bits per heavy atom. The van der Waals surface area contributed by atoms with E-state index in [0.717, 1.165) is 5.56 Å². The van der Waals surface area contributed by atoms with E-state index in [-0.39, 0.29) is 5.91 Å². The van der Waals surface area contributed by atoms with Crippen LogP contribution in [-0.2, 0) is 17.9 Å². The monoisotopic (exact) mass is 360 g/mol. The number of amides is 1. The fourth-order valence-electron chi connectivity index (χ4n) is 2.73. The standard InChI is InChI=1S/C22H20N2O3/c1-17(27-20-11-9-18(14-23)10-12-20)22(25)24(16-21-8-5-13-26-21)15-19-6-3-2-4-7-19/h2-13,17H,15-16H2,1H3. The fourth-order valence-corrected chi connectivity index (χ4v) is 2.73. The van der Waals surface area contributed by atoms with Crippen molar-refractivity contribution >= 4 is 5.91 Å². The Bertz CT molecular complexity index is 897. The minimum absolute atomic E-state index is 0.139. The smallest absolute Gasteiger partial charge is 0.264 e. The molecule has 0 spiro atoms. The largest absolute Gasteiger partial charge is 0.481 e. The number of rotatable bonds is 7. The van der Waals surface area contributed by atoms with E-state index < -0.39 is 6.10 Å². The zero-order valence-electron chi connectivity index (χ0n) is 15.0. The van der Waals surface area contributed by atoms with Gasteiger partial charge in [0.05, 0.1) is 24.4 Å². The molecule has 1 atom stereocenters. The van der Waals surface area contributed by atoms with Crippen LogP contribution in [0.3, 0.4) is 0 Å². The highest BCUT2D eigenvalue weighted by Crippen LogP contribution is 2.17. The average Bonchev–Trinajstić information content (AvgIpc) is 3.21. The molecule has 0 aliphatic carbocycles. The first kappa shape index (κ1) is 18.3. The first-order valence-corrected chi connectivity index (χ1v) is 8.67. The van der Waals surface area contributed by atoms with Crippen molar-refractivity contribution in [2.24, 2.45) is 0 Å². The molecule has 1 aromatic heterocycles. The van der Waals surface area contributed by atoms with Crippen molar-refractivity contribution in [3.8, 4) is 11.8 Å². The first-order chi connectivity index (χ1) is 13.2. The molecular formula is C22H20N2O3. The molecule has 1 heterocycles. The quantitative estimate of drug-likeness (QED) is 0.635. The topological polar surface area (TPSA) is 66.5 Å². The zero-order chi connectivity index (χ0) is 19.1. The number of furan rings is 1. The number of nitrogens with zero attached hydrogens (tertiary/aromatic N) is 2. The van der Waals surface area contributed by atoms with Gasteiger partial charge >= 0.3 is 0 Å². The Morgan fingerprint density at radius 2 is 1.81 bits per heavy atom. The molecule has 0 bridgehead atoms. The SMILES string of the molecule is CC(Oc1ccc(C#N)cc1)C(=O)N(Cc1ccccc1)Cc1ccco1. The van der Waals surface area contributed by atoms with Gasteiger partial charge in [-0.05, 0) is 48.9 Å². The molecule has 1 unspecified atom stereocenters. The van der Waals surface area contributed by atoms with Gasteiger partial charge in [-0.25, -0.2) is 0 Å². The molecule has 136 valence electrons. The molecule has 0 fully saturated rings. The maximum absolute atomic E-state index is 13.0. The molecule has 0 aliphatic rings. The summed E-state index contributed by atoms with van der Waals surface area (Å²) in [6.07, 6.45) is 0.925. The van der Waals surface area contributed by atoms with E-state index in [4.69, 9.17) is 14.4 Å². The third kappa shape index (κ3) is 4.99. The van der Waals surface area contributed by atoms with Crippen LogP contribution >= 0.6 is 0 Å². The molecule has 3 aromatic rings. The highest BCUT2D eigenvalue weighted by molar-refractivity contribution is 5.80. The maximum atomic E-state index is 13.0. The van der Waals surface area contributed by atoms with Crippen LogP contribution in [0.5, 0.6) is 5.75 Å². The van der Waals surface area contributed by atoms with Gasteiger partial charge in [-0.1, -0.05) is 30.3 Å². The highest BCUT2D eigenvalue weighted by atomic mass is 16.5. The Morgan fingerprint density at radius 3 is 2.44 bits per heavy atom. The van der Waals surface area contributed by atoms with E-state index in [1.807, 2.05) is 36.4 Å². The number of carbonyl (C=O) groups is 1. The summed E-state index contributed by atoms with van der Waals surface area (Å²) in [7, 11) is 0. The Labute approximate surface area is 158 Å². The van der Waals surface area contributed by atoms with Gasteiger partial charge in [0.2, 0.25) is 0 Å². The van der Waals surface area contributed by atoms with Crippen molar-refractivity contribution in [3.05, 3.63) is 89.9 Å². The van der Waals surface area contributed by atoms with Gasteiger partial charge in [-0.2, -0.15) is 5.26 Å². The molecule has 1 amide bonds. The van der Waals surface area contributed by atoms with Gasteiger partial charge in [0, 0.05) is 6.54 Å². The van der Waals surface area contributed by atoms with Gasteiger partial charge in [-0.15, -0.1) is 0 Å². The van der Waals surface area contributed by atoms with Gasteiger partial charge in [-0.3, -0.25) is 4.79 Å².